The van der Waals surface area contributed by atoms with Gasteiger partial charge in [-0.15, -0.1) is 0 Å². The Balaban J connectivity index is 0.00000211. The number of methoxy groups -OCH3 is 1. The topological polar surface area (TPSA) is 54.3 Å². The zero-order valence-electron chi connectivity index (χ0n) is 27.8. The van der Waals surface area contributed by atoms with Gasteiger partial charge in [-0.2, -0.15) is 4.99 Å². The van der Waals surface area contributed by atoms with E-state index in [-0.39, 0.29) is 6.10 Å². The van der Waals surface area contributed by atoms with E-state index in [4.69, 9.17) is 9.47 Å². The first kappa shape index (κ1) is 37.4. The maximum atomic E-state index is 11.2. The minimum atomic E-state index is -0.553. The van der Waals surface area contributed by atoms with Gasteiger partial charge in [-0.25, -0.2) is 0 Å². The van der Waals surface area contributed by atoms with Gasteiger partial charge < -0.3 is 19.5 Å². The van der Waals surface area contributed by atoms with Crippen LogP contribution in [0.25, 0.3) is 0 Å². The van der Waals surface area contributed by atoms with Gasteiger partial charge in [-0.1, -0.05) is 87.9 Å². The fourth-order valence-corrected chi connectivity index (χ4v) is 5.43. The third kappa shape index (κ3) is 15.0. The Morgan fingerprint density at radius 1 is 1.07 bits per heavy atom. The zero-order valence-corrected chi connectivity index (χ0v) is 27.8. The van der Waals surface area contributed by atoms with Crippen molar-refractivity contribution in [3.05, 3.63) is 83.6 Å². The summed E-state index contributed by atoms with van der Waals surface area (Å²) in [6.07, 6.45) is 22.8. The lowest BCUT2D eigenvalue weighted by molar-refractivity contribution is 0.00643. The summed E-state index contributed by atoms with van der Waals surface area (Å²) in [5, 5.41) is 11.2. The van der Waals surface area contributed by atoms with E-state index in [9.17, 15) is 5.11 Å². The van der Waals surface area contributed by atoms with Gasteiger partial charge in [0, 0.05) is 6.42 Å². The van der Waals surface area contributed by atoms with Crippen LogP contribution in [-0.4, -0.2) is 54.5 Å². The number of hydrogen-bond acceptors (Lipinski definition) is 5. The first-order valence-corrected chi connectivity index (χ1v) is 16.4. The van der Waals surface area contributed by atoms with Gasteiger partial charge in [0.2, 0.25) is 0 Å². The van der Waals surface area contributed by atoms with Crippen molar-refractivity contribution in [1.29, 1.82) is 0 Å². The molecule has 1 aliphatic heterocycles. The first-order chi connectivity index (χ1) is 20.5. The molecule has 1 aromatic rings. The van der Waals surface area contributed by atoms with E-state index in [0.29, 0.717) is 6.08 Å². The summed E-state index contributed by atoms with van der Waals surface area (Å²) in [4.78, 5) is 7.07. The minimum Gasteiger partial charge on any atom is -0.454 e. The molecule has 0 saturated carbocycles. The van der Waals surface area contributed by atoms with Crippen LogP contribution in [0.2, 0.25) is 0 Å². The molecule has 2 aliphatic rings. The first-order valence-electron chi connectivity index (χ1n) is 16.4. The summed E-state index contributed by atoms with van der Waals surface area (Å²) < 4.78 is 11.4. The molecule has 3 rings (SSSR count). The Bertz CT molecular complexity index is 968. The van der Waals surface area contributed by atoms with Crippen LogP contribution in [-0.2, 0) is 15.9 Å². The Hall–Kier alpha value is -2.63. The lowest BCUT2D eigenvalue weighted by Crippen LogP contribution is -2.38. The van der Waals surface area contributed by atoms with E-state index in [0.717, 1.165) is 83.1 Å². The van der Waals surface area contributed by atoms with Crippen molar-refractivity contribution >= 4 is 6.08 Å². The number of rotatable bonds is 9. The number of ether oxygens (including phenoxy) is 2. The van der Waals surface area contributed by atoms with Crippen molar-refractivity contribution in [2.75, 3.05) is 26.7 Å². The predicted octanol–water partition coefficient (Wildman–Crippen LogP) is 9.20. The van der Waals surface area contributed by atoms with Crippen molar-refractivity contribution in [3.63, 3.8) is 0 Å². The smallest absolute Gasteiger partial charge is 0.389 e. The van der Waals surface area contributed by atoms with Crippen LogP contribution >= 0.6 is 0 Å². The molecular weight excluding hydrogens is 520 g/mol. The Labute approximate surface area is 258 Å². The molecule has 1 saturated heterocycles. The molecule has 1 unspecified atom stereocenters. The van der Waals surface area contributed by atoms with E-state index < -0.39 is 5.60 Å². The average molecular weight is 581 g/mol. The molecule has 1 heterocycles. The molecule has 0 spiro atoms. The number of allylic oxidation sites excluding steroid dienone is 6. The van der Waals surface area contributed by atoms with Crippen molar-refractivity contribution in [1.82, 2.24) is 4.90 Å². The van der Waals surface area contributed by atoms with Gasteiger partial charge in [0.05, 0.1) is 18.4 Å². The van der Waals surface area contributed by atoms with Gasteiger partial charge in [0.15, 0.2) is 0 Å². The summed E-state index contributed by atoms with van der Waals surface area (Å²) in [7, 11) is 1.60. The molecule has 1 aliphatic carbocycles. The fourth-order valence-electron chi connectivity index (χ4n) is 5.43. The maximum Gasteiger partial charge on any atom is 0.389 e. The van der Waals surface area contributed by atoms with Crippen molar-refractivity contribution in [3.8, 4) is 0 Å². The number of benzene rings is 1. The van der Waals surface area contributed by atoms with Crippen molar-refractivity contribution < 1.29 is 14.6 Å². The maximum absolute atomic E-state index is 11.2. The number of aliphatic imine (C=N–C) groups is 1. The van der Waals surface area contributed by atoms with Crippen LogP contribution in [0.1, 0.15) is 105 Å². The fraction of sp³-hybridized carbons (Fsp3) is 0.595. The number of nitrogens with zero attached hydrogens (tertiary/aromatic N) is 2. The summed E-state index contributed by atoms with van der Waals surface area (Å²) in [6.45, 7) is 15.2. The molecular formula is C37H60N2O3. The predicted molar refractivity (Wildman–Crippen MR) is 181 cm³/mol. The van der Waals surface area contributed by atoms with E-state index in [2.05, 4.69) is 52.4 Å². The molecule has 5 nitrogen and oxygen atoms in total. The Morgan fingerprint density at radius 2 is 1.76 bits per heavy atom. The number of aliphatic hydroxyl groups is 1. The van der Waals surface area contributed by atoms with Crippen LogP contribution in [0.3, 0.4) is 0 Å². The Kier molecular flexibility index (Phi) is 20.4. The third-order valence-corrected chi connectivity index (χ3v) is 7.48. The van der Waals surface area contributed by atoms with Crippen molar-refractivity contribution in [2.24, 2.45) is 4.99 Å². The average Bonchev–Trinajstić information content (AvgIpc) is 2.99. The summed E-state index contributed by atoms with van der Waals surface area (Å²) in [6, 6.07) is 10.4. The molecule has 42 heavy (non-hydrogen) atoms. The van der Waals surface area contributed by atoms with Crippen LogP contribution in [0.5, 0.6) is 0 Å². The number of hydrogen-bond donors (Lipinski definition) is 1. The highest BCUT2D eigenvalue weighted by Gasteiger charge is 2.28. The van der Waals surface area contributed by atoms with Gasteiger partial charge in [-0.05, 0) is 109 Å². The molecule has 0 radical (unpaired) electrons. The molecule has 1 N–H and O–H groups in total. The normalized spacial score (nSPS) is 22.0. The molecule has 236 valence electrons. The molecule has 0 bridgehead atoms. The molecule has 0 aromatic heterocycles. The van der Waals surface area contributed by atoms with Gasteiger partial charge >= 0.3 is 6.08 Å². The summed E-state index contributed by atoms with van der Waals surface area (Å²) in [5.41, 5.74) is 3.03. The van der Waals surface area contributed by atoms with Crippen LogP contribution in [0.15, 0.2) is 83.1 Å². The third-order valence-electron chi connectivity index (χ3n) is 7.48. The highest BCUT2D eigenvalue weighted by atomic mass is 16.7. The van der Waals surface area contributed by atoms with Crippen LogP contribution in [0.4, 0.5) is 0 Å². The van der Waals surface area contributed by atoms with E-state index in [1.165, 1.54) is 17.6 Å². The second-order valence-electron chi connectivity index (χ2n) is 10.6. The molecule has 1 atom stereocenters. The molecule has 0 amide bonds. The monoisotopic (exact) mass is 580 g/mol. The van der Waals surface area contributed by atoms with E-state index in [1.807, 2.05) is 65.8 Å². The van der Waals surface area contributed by atoms with Crippen LogP contribution in [0, 0.1) is 0 Å². The highest BCUT2D eigenvalue weighted by molar-refractivity contribution is 5.69. The molecule has 1 fully saturated rings. The molecule has 1 aromatic carbocycles. The summed E-state index contributed by atoms with van der Waals surface area (Å²) in [5.74, 6) is 0. The SMILES string of the molecule is C/C=C\C(=C/C)N=C(OC)OC1/C=C\C/C(CCCN2CCCC(O)(Cc3ccccc3)CCC2)=C\CC1.CC.CC. The quantitative estimate of drug-likeness (QED) is 0.137. The highest BCUT2D eigenvalue weighted by Crippen LogP contribution is 2.27. The van der Waals surface area contributed by atoms with Crippen LogP contribution < -0.4 is 0 Å². The lowest BCUT2D eigenvalue weighted by Gasteiger charge is -2.34. The second kappa shape index (κ2) is 22.9. The van der Waals surface area contributed by atoms with Gasteiger partial charge in [0.25, 0.3) is 0 Å². The lowest BCUT2D eigenvalue weighted by atomic mass is 9.84. The standard InChI is InChI=1S/C33H48N2O3.2C2H6/c1-4-14-30(5-2)34-32(37-3)38-31-20-9-17-28(18-10-21-31)19-11-24-35-25-12-22-33(36,23-13-26-35)27-29-15-7-6-8-16-29;2*1-2/h4-9,14-16,18,20,31,36H,10-13,17,19,21-27H2,1-3H3;2*1-2H3/b14-4-,20-9-,28-18+,30-5+,34-32?;;. The molecule has 5 heteroatoms. The largest absolute Gasteiger partial charge is 0.454 e. The number of likely N-dealkylation sites (tertiary alicyclic amines) is 1. The van der Waals surface area contributed by atoms with Gasteiger partial charge in [0.1, 0.15) is 6.10 Å². The zero-order chi connectivity index (χ0) is 31.1. The Morgan fingerprint density at radius 3 is 2.38 bits per heavy atom. The van der Waals surface area contributed by atoms with E-state index >= 15 is 0 Å². The van der Waals surface area contributed by atoms with Gasteiger partial charge in [-0.3, -0.25) is 0 Å². The van der Waals surface area contributed by atoms with Crippen molar-refractivity contribution in [2.45, 2.75) is 117 Å². The summed E-state index contributed by atoms with van der Waals surface area (Å²) >= 11 is 0. The van der Waals surface area contributed by atoms with E-state index in [1.54, 1.807) is 7.11 Å². The minimum absolute atomic E-state index is 0.0308. The second-order valence-corrected chi connectivity index (χ2v) is 10.6.